The van der Waals surface area contributed by atoms with Gasteiger partial charge in [-0.2, -0.15) is 13.2 Å². The maximum Gasteiger partial charge on any atom is 0.416 e. The monoisotopic (exact) mass is 388 g/mol. The molecule has 1 heterocycles. The summed E-state index contributed by atoms with van der Waals surface area (Å²) in [6.07, 6.45) is -4.80. The number of aliphatic hydroxyl groups excluding tert-OH is 1. The number of benzene rings is 1. The van der Waals surface area contributed by atoms with Crippen LogP contribution in [0.1, 0.15) is 42.6 Å². The Morgan fingerprint density at radius 2 is 1.89 bits per heavy atom. The molecule has 0 spiro atoms. The fourth-order valence-electron chi connectivity index (χ4n) is 2.76. The summed E-state index contributed by atoms with van der Waals surface area (Å²) in [5.41, 5.74) is -0.834. The van der Waals surface area contributed by atoms with Gasteiger partial charge in [0.25, 0.3) is 5.91 Å². The first-order chi connectivity index (χ1) is 12.6. The molecule has 0 bridgehead atoms. The number of rotatable bonds is 6. The van der Waals surface area contributed by atoms with Crippen LogP contribution in [0.2, 0.25) is 0 Å². The molecular formula is C18H23F3N2O4. The Morgan fingerprint density at radius 3 is 2.37 bits per heavy atom. The van der Waals surface area contributed by atoms with Crippen molar-refractivity contribution in [2.75, 3.05) is 6.61 Å². The normalized spacial score (nSPS) is 21.1. The summed E-state index contributed by atoms with van der Waals surface area (Å²) in [6.45, 7) is 4.06. The van der Waals surface area contributed by atoms with Crippen LogP contribution in [0.5, 0.6) is 0 Å². The van der Waals surface area contributed by atoms with E-state index in [1.165, 1.54) is 0 Å². The lowest BCUT2D eigenvalue weighted by Gasteiger charge is -2.23. The second-order valence-corrected chi connectivity index (χ2v) is 6.90. The van der Waals surface area contributed by atoms with Crippen molar-refractivity contribution in [3.8, 4) is 0 Å². The highest BCUT2D eigenvalue weighted by Gasteiger charge is 2.32. The Hall–Kier alpha value is -2.13. The van der Waals surface area contributed by atoms with Crippen LogP contribution in [-0.4, -0.2) is 41.9 Å². The number of carbonyl (C=O) groups excluding carboxylic acids is 2. The summed E-state index contributed by atoms with van der Waals surface area (Å²) in [7, 11) is 0. The Kier molecular flexibility index (Phi) is 6.83. The molecule has 9 heteroatoms. The molecular weight excluding hydrogens is 365 g/mol. The second kappa shape index (κ2) is 8.71. The lowest BCUT2D eigenvalue weighted by molar-refractivity contribution is -0.137. The van der Waals surface area contributed by atoms with E-state index in [4.69, 9.17) is 4.74 Å². The summed E-state index contributed by atoms with van der Waals surface area (Å²) in [6, 6.07) is 2.33. The van der Waals surface area contributed by atoms with Crippen LogP contribution in [0, 0.1) is 5.92 Å². The lowest BCUT2D eigenvalue weighted by Crippen LogP contribution is -2.51. The first-order valence-corrected chi connectivity index (χ1v) is 8.66. The van der Waals surface area contributed by atoms with E-state index in [0.29, 0.717) is 19.4 Å². The Balaban J connectivity index is 2.05. The highest BCUT2D eigenvalue weighted by atomic mass is 19.4. The highest BCUT2D eigenvalue weighted by Crippen LogP contribution is 2.29. The van der Waals surface area contributed by atoms with Crippen LogP contribution in [-0.2, 0) is 15.7 Å². The molecule has 1 aliphatic heterocycles. The molecule has 27 heavy (non-hydrogen) atoms. The van der Waals surface area contributed by atoms with Gasteiger partial charge in [-0.25, -0.2) is 0 Å². The number of aliphatic hydroxyl groups is 1. The summed E-state index contributed by atoms with van der Waals surface area (Å²) in [4.78, 5) is 24.8. The van der Waals surface area contributed by atoms with Gasteiger partial charge in [0, 0.05) is 5.56 Å². The number of carbonyl (C=O) groups is 2. The Morgan fingerprint density at radius 1 is 1.26 bits per heavy atom. The van der Waals surface area contributed by atoms with Crippen molar-refractivity contribution in [3.63, 3.8) is 0 Å². The second-order valence-electron chi connectivity index (χ2n) is 6.90. The zero-order valence-corrected chi connectivity index (χ0v) is 15.0. The van der Waals surface area contributed by atoms with Crippen molar-refractivity contribution < 1.29 is 32.6 Å². The van der Waals surface area contributed by atoms with Gasteiger partial charge in [-0.05, 0) is 43.0 Å². The zero-order valence-electron chi connectivity index (χ0n) is 15.0. The van der Waals surface area contributed by atoms with Crippen molar-refractivity contribution in [2.24, 2.45) is 5.92 Å². The molecule has 0 saturated carbocycles. The number of halogens is 3. The number of amides is 2. The number of alkyl halides is 3. The fourth-order valence-corrected chi connectivity index (χ4v) is 2.76. The molecule has 3 atom stereocenters. The number of hydrogen-bond donors (Lipinski definition) is 3. The zero-order chi connectivity index (χ0) is 20.2. The maximum absolute atomic E-state index is 12.6. The summed E-state index contributed by atoms with van der Waals surface area (Å²) in [5, 5.41) is 14.8. The minimum Gasteiger partial charge on any atom is -0.366 e. The molecule has 1 fully saturated rings. The van der Waals surface area contributed by atoms with E-state index < -0.39 is 41.9 Å². The number of nitrogens with one attached hydrogen (secondary N) is 2. The third-order valence-electron chi connectivity index (χ3n) is 4.19. The van der Waals surface area contributed by atoms with Crippen LogP contribution in [0.4, 0.5) is 13.2 Å². The predicted octanol–water partition coefficient (Wildman–Crippen LogP) is 2.07. The van der Waals surface area contributed by atoms with Crippen molar-refractivity contribution in [1.29, 1.82) is 0 Å². The third kappa shape index (κ3) is 5.93. The van der Waals surface area contributed by atoms with Crippen LogP contribution >= 0.6 is 0 Å². The molecule has 0 aromatic heterocycles. The quantitative estimate of drug-likeness (QED) is 0.696. The van der Waals surface area contributed by atoms with Gasteiger partial charge in [0.1, 0.15) is 6.04 Å². The summed E-state index contributed by atoms with van der Waals surface area (Å²) < 4.78 is 42.8. The van der Waals surface area contributed by atoms with E-state index in [1.807, 2.05) is 13.8 Å². The van der Waals surface area contributed by atoms with Crippen molar-refractivity contribution >= 4 is 11.8 Å². The van der Waals surface area contributed by atoms with E-state index >= 15 is 0 Å². The molecule has 1 aromatic rings. The van der Waals surface area contributed by atoms with Crippen molar-refractivity contribution in [1.82, 2.24) is 10.6 Å². The van der Waals surface area contributed by atoms with Crippen LogP contribution in [0.25, 0.3) is 0 Å². The minimum absolute atomic E-state index is 0.0220. The number of hydrogen-bond acceptors (Lipinski definition) is 4. The molecule has 0 aliphatic carbocycles. The molecule has 1 saturated heterocycles. The molecule has 1 aromatic carbocycles. The summed E-state index contributed by atoms with van der Waals surface area (Å²) >= 11 is 0. The Bertz CT molecular complexity index is 662. The predicted molar refractivity (Wildman–Crippen MR) is 90.7 cm³/mol. The van der Waals surface area contributed by atoms with E-state index in [2.05, 4.69) is 10.6 Å². The van der Waals surface area contributed by atoms with Gasteiger partial charge in [-0.3, -0.25) is 9.59 Å². The average molecular weight is 388 g/mol. The Labute approximate surface area is 155 Å². The standard InChI is InChI=1S/C18H23F3N2O4/c1-10(2)9-14(16(25)22-13-7-8-27-17(13)26)23-15(24)11-3-5-12(6-4-11)18(19,20)21/h3-6,10,13-14,17,26H,7-9H2,1-2H3,(H,22,25)(H,23,24)/t13-,14?,17?/m0/s1. The van der Waals surface area contributed by atoms with E-state index in [0.717, 1.165) is 24.3 Å². The van der Waals surface area contributed by atoms with Gasteiger partial charge in [-0.15, -0.1) is 0 Å². The van der Waals surface area contributed by atoms with Gasteiger partial charge in [0.15, 0.2) is 6.29 Å². The first-order valence-electron chi connectivity index (χ1n) is 8.66. The topological polar surface area (TPSA) is 87.7 Å². The van der Waals surface area contributed by atoms with Gasteiger partial charge in [-0.1, -0.05) is 13.8 Å². The SMILES string of the molecule is CC(C)CC(NC(=O)c1ccc(C(F)(F)F)cc1)C(=O)N[C@H]1CCOC1O. The molecule has 0 radical (unpaired) electrons. The summed E-state index contributed by atoms with van der Waals surface area (Å²) in [5.74, 6) is -1.04. The minimum atomic E-state index is -4.49. The van der Waals surface area contributed by atoms with Gasteiger partial charge >= 0.3 is 6.18 Å². The van der Waals surface area contributed by atoms with Crippen LogP contribution < -0.4 is 10.6 Å². The van der Waals surface area contributed by atoms with E-state index in [-0.39, 0.29) is 11.5 Å². The van der Waals surface area contributed by atoms with Crippen molar-refractivity contribution in [2.45, 2.75) is 51.2 Å². The van der Waals surface area contributed by atoms with Crippen LogP contribution in [0.15, 0.2) is 24.3 Å². The molecule has 6 nitrogen and oxygen atoms in total. The van der Waals surface area contributed by atoms with Gasteiger partial charge in [0.2, 0.25) is 5.91 Å². The fraction of sp³-hybridized carbons (Fsp3) is 0.556. The van der Waals surface area contributed by atoms with Gasteiger partial charge in [0.05, 0.1) is 18.2 Å². The third-order valence-corrected chi connectivity index (χ3v) is 4.19. The molecule has 2 rings (SSSR count). The molecule has 1 aliphatic rings. The first kappa shape index (κ1) is 21.2. The smallest absolute Gasteiger partial charge is 0.366 e. The molecule has 2 amide bonds. The molecule has 3 N–H and O–H groups in total. The van der Waals surface area contributed by atoms with E-state index in [9.17, 15) is 27.9 Å². The van der Waals surface area contributed by atoms with Crippen molar-refractivity contribution in [3.05, 3.63) is 35.4 Å². The molecule has 150 valence electrons. The number of ether oxygens (including phenoxy) is 1. The average Bonchev–Trinajstić information content (AvgIpc) is 2.98. The highest BCUT2D eigenvalue weighted by molar-refractivity contribution is 5.97. The van der Waals surface area contributed by atoms with Crippen LogP contribution in [0.3, 0.4) is 0 Å². The largest absolute Gasteiger partial charge is 0.416 e. The molecule has 2 unspecified atom stereocenters. The lowest BCUT2D eigenvalue weighted by atomic mass is 10.0. The van der Waals surface area contributed by atoms with E-state index in [1.54, 1.807) is 0 Å². The van der Waals surface area contributed by atoms with Gasteiger partial charge < -0.3 is 20.5 Å². The maximum atomic E-state index is 12.6.